The lowest BCUT2D eigenvalue weighted by molar-refractivity contribution is 0.687. The molecule has 0 spiro atoms. The second-order valence-electron chi connectivity index (χ2n) is 4.81. The van der Waals surface area contributed by atoms with Crippen LogP contribution in [0.2, 0.25) is 10.0 Å². The van der Waals surface area contributed by atoms with Crippen LogP contribution >= 0.6 is 47.2 Å². The molecule has 0 aromatic heterocycles. The average molecular weight is 382 g/mol. The minimum Gasteiger partial charge on any atom is -0.332 e. The third-order valence-electron chi connectivity index (χ3n) is 3.13. The van der Waals surface area contributed by atoms with E-state index in [9.17, 15) is 0 Å². The zero-order valence-corrected chi connectivity index (χ0v) is 15.1. The summed E-state index contributed by atoms with van der Waals surface area (Å²) in [5.41, 5.74) is 1.68. The molecule has 0 amide bonds. The smallest absolute Gasteiger partial charge is 0.179 e. The highest BCUT2D eigenvalue weighted by molar-refractivity contribution is 8.14. The van der Waals surface area contributed by atoms with Gasteiger partial charge in [-0.25, -0.2) is 4.99 Å². The summed E-state index contributed by atoms with van der Waals surface area (Å²) in [7, 11) is 0. The molecule has 0 unspecified atom stereocenters. The van der Waals surface area contributed by atoms with Crippen molar-refractivity contribution in [2.24, 2.45) is 4.99 Å². The van der Waals surface area contributed by atoms with Gasteiger partial charge in [-0.1, -0.05) is 47.1 Å². The standard InChI is InChI=1S/C16H13Cl2N3S2/c17-11-3-1-5-13(9-11)19-15(22)21-7-8-23-16(21)20-14-6-2-4-12(18)10-14/h1-6,9-10H,7-8H2,(H,19,22)/b20-16+. The molecule has 1 fully saturated rings. The Bertz CT molecular complexity index is 764. The molecule has 2 aromatic carbocycles. The van der Waals surface area contributed by atoms with E-state index < -0.39 is 0 Å². The number of benzene rings is 2. The fourth-order valence-electron chi connectivity index (χ4n) is 2.10. The molecule has 1 aliphatic rings. The number of thiocarbonyl (C=S) groups is 1. The van der Waals surface area contributed by atoms with Crippen molar-refractivity contribution in [1.82, 2.24) is 4.90 Å². The van der Waals surface area contributed by atoms with Crippen molar-refractivity contribution in [2.75, 3.05) is 17.6 Å². The Morgan fingerprint density at radius 3 is 2.61 bits per heavy atom. The Hall–Kier alpha value is -1.27. The first-order valence-corrected chi connectivity index (χ1v) is 9.08. The summed E-state index contributed by atoms with van der Waals surface area (Å²) in [6, 6.07) is 14.9. The maximum absolute atomic E-state index is 6.01. The summed E-state index contributed by atoms with van der Waals surface area (Å²) in [6.07, 6.45) is 0. The molecule has 2 aromatic rings. The number of aliphatic imine (C=N–C) groups is 1. The van der Waals surface area contributed by atoms with Gasteiger partial charge in [-0.15, -0.1) is 0 Å². The molecule has 0 atom stereocenters. The largest absolute Gasteiger partial charge is 0.332 e. The van der Waals surface area contributed by atoms with E-state index in [1.807, 2.05) is 53.4 Å². The van der Waals surface area contributed by atoms with Crippen LogP contribution in [0, 0.1) is 0 Å². The molecule has 118 valence electrons. The van der Waals surface area contributed by atoms with Gasteiger partial charge in [0, 0.05) is 28.0 Å². The predicted octanol–water partition coefficient (Wildman–Crippen LogP) is 5.43. The Kier molecular flexibility index (Phi) is 5.43. The lowest BCUT2D eigenvalue weighted by Gasteiger charge is -2.20. The number of thioether (sulfide) groups is 1. The average Bonchev–Trinajstić information content (AvgIpc) is 2.95. The van der Waals surface area contributed by atoms with Gasteiger partial charge in [-0.05, 0) is 48.6 Å². The third-order valence-corrected chi connectivity index (χ3v) is 4.88. The van der Waals surface area contributed by atoms with Crippen LogP contribution in [0.15, 0.2) is 53.5 Å². The van der Waals surface area contributed by atoms with Gasteiger partial charge in [0.25, 0.3) is 0 Å². The van der Waals surface area contributed by atoms with Crippen LogP contribution in [0.1, 0.15) is 0 Å². The minimum absolute atomic E-state index is 0.609. The van der Waals surface area contributed by atoms with Gasteiger partial charge in [0.2, 0.25) is 0 Å². The van der Waals surface area contributed by atoms with E-state index in [0.717, 1.165) is 28.8 Å². The van der Waals surface area contributed by atoms with E-state index in [1.165, 1.54) is 0 Å². The molecule has 1 N–H and O–H groups in total. The molecule has 0 aliphatic carbocycles. The second-order valence-corrected chi connectivity index (χ2v) is 7.14. The van der Waals surface area contributed by atoms with Crippen molar-refractivity contribution in [3.05, 3.63) is 58.6 Å². The van der Waals surface area contributed by atoms with Crippen LogP contribution in [0.25, 0.3) is 0 Å². The van der Waals surface area contributed by atoms with E-state index in [2.05, 4.69) is 10.3 Å². The van der Waals surface area contributed by atoms with E-state index in [-0.39, 0.29) is 0 Å². The molecule has 1 aliphatic heterocycles. The topological polar surface area (TPSA) is 27.6 Å². The first kappa shape index (κ1) is 16.6. The van der Waals surface area contributed by atoms with Gasteiger partial charge in [0.15, 0.2) is 10.3 Å². The Morgan fingerprint density at radius 2 is 1.87 bits per heavy atom. The van der Waals surface area contributed by atoms with Gasteiger partial charge < -0.3 is 5.32 Å². The molecule has 1 heterocycles. The van der Waals surface area contributed by atoms with Crippen LogP contribution in [0.3, 0.4) is 0 Å². The molecule has 7 heteroatoms. The molecular formula is C16H13Cl2N3S2. The summed E-state index contributed by atoms with van der Waals surface area (Å²) >= 11 is 19.2. The van der Waals surface area contributed by atoms with E-state index >= 15 is 0 Å². The fraction of sp³-hybridized carbons (Fsp3) is 0.125. The molecule has 23 heavy (non-hydrogen) atoms. The molecule has 3 nitrogen and oxygen atoms in total. The monoisotopic (exact) mass is 381 g/mol. The normalized spacial score (nSPS) is 15.9. The summed E-state index contributed by atoms with van der Waals surface area (Å²) < 4.78 is 0. The zero-order chi connectivity index (χ0) is 16.2. The van der Waals surface area contributed by atoms with Crippen molar-refractivity contribution in [3.8, 4) is 0 Å². The number of nitrogens with one attached hydrogen (secondary N) is 1. The quantitative estimate of drug-likeness (QED) is 0.702. The first-order valence-electron chi connectivity index (χ1n) is 6.93. The summed E-state index contributed by atoms with van der Waals surface area (Å²) in [4.78, 5) is 6.64. The van der Waals surface area contributed by atoms with Gasteiger partial charge in [0.1, 0.15) is 0 Å². The first-order chi connectivity index (χ1) is 11.1. The molecule has 0 bridgehead atoms. The Morgan fingerprint density at radius 1 is 1.13 bits per heavy atom. The Labute approximate surface area is 154 Å². The third kappa shape index (κ3) is 4.38. The van der Waals surface area contributed by atoms with Crippen LogP contribution in [-0.4, -0.2) is 27.5 Å². The highest BCUT2D eigenvalue weighted by Gasteiger charge is 2.23. The van der Waals surface area contributed by atoms with Crippen LogP contribution in [0.5, 0.6) is 0 Å². The van der Waals surface area contributed by atoms with Crippen LogP contribution in [0.4, 0.5) is 11.4 Å². The fourth-order valence-corrected chi connectivity index (χ4v) is 3.79. The number of nitrogens with zero attached hydrogens (tertiary/aromatic N) is 2. The molecule has 1 saturated heterocycles. The van der Waals surface area contributed by atoms with Gasteiger partial charge in [-0.3, -0.25) is 4.90 Å². The van der Waals surface area contributed by atoms with Crippen molar-refractivity contribution in [2.45, 2.75) is 0 Å². The van der Waals surface area contributed by atoms with Crippen molar-refractivity contribution in [1.29, 1.82) is 0 Å². The van der Waals surface area contributed by atoms with Gasteiger partial charge in [0.05, 0.1) is 5.69 Å². The van der Waals surface area contributed by atoms with E-state index in [4.69, 9.17) is 35.4 Å². The van der Waals surface area contributed by atoms with Crippen LogP contribution in [-0.2, 0) is 0 Å². The number of halogens is 2. The van der Waals surface area contributed by atoms with E-state index in [1.54, 1.807) is 11.8 Å². The zero-order valence-electron chi connectivity index (χ0n) is 12.0. The number of hydrogen-bond donors (Lipinski definition) is 1. The number of rotatable bonds is 2. The molecular weight excluding hydrogens is 369 g/mol. The molecule has 0 radical (unpaired) electrons. The lowest BCUT2D eigenvalue weighted by atomic mass is 10.3. The van der Waals surface area contributed by atoms with Crippen molar-refractivity contribution in [3.63, 3.8) is 0 Å². The minimum atomic E-state index is 0.609. The van der Waals surface area contributed by atoms with Crippen molar-refractivity contribution >= 4 is 68.8 Å². The summed E-state index contributed by atoms with van der Waals surface area (Å²) in [5.74, 6) is 0.941. The maximum atomic E-state index is 6.01. The molecule has 0 saturated carbocycles. The summed E-state index contributed by atoms with van der Waals surface area (Å²) in [6.45, 7) is 0.816. The van der Waals surface area contributed by atoms with Gasteiger partial charge >= 0.3 is 0 Å². The van der Waals surface area contributed by atoms with Gasteiger partial charge in [-0.2, -0.15) is 0 Å². The predicted molar refractivity (Wildman–Crippen MR) is 105 cm³/mol. The highest BCUT2D eigenvalue weighted by Crippen LogP contribution is 2.25. The lowest BCUT2D eigenvalue weighted by Crippen LogP contribution is -2.35. The number of hydrogen-bond acceptors (Lipinski definition) is 3. The highest BCUT2D eigenvalue weighted by atomic mass is 35.5. The van der Waals surface area contributed by atoms with E-state index in [0.29, 0.717) is 15.2 Å². The number of anilines is 1. The SMILES string of the molecule is S=C(Nc1cccc(Cl)c1)N1CCS/C1=N/c1cccc(Cl)c1. The Balaban J connectivity index is 1.77. The van der Waals surface area contributed by atoms with Crippen molar-refractivity contribution < 1.29 is 0 Å². The summed E-state index contributed by atoms with van der Waals surface area (Å²) in [5, 5.41) is 6.02. The maximum Gasteiger partial charge on any atom is 0.179 e. The molecule has 3 rings (SSSR count). The number of amidine groups is 1. The van der Waals surface area contributed by atoms with Crippen LogP contribution < -0.4 is 5.32 Å². The second kappa shape index (κ2) is 7.53.